The van der Waals surface area contributed by atoms with Crippen LogP contribution in [-0.4, -0.2) is 18.2 Å². The van der Waals surface area contributed by atoms with Crippen LogP contribution in [0.25, 0.3) is 0 Å². The van der Waals surface area contributed by atoms with Crippen molar-refractivity contribution in [1.29, 1.82) is 0 Å². The maximum atomic E-state index is 12.9. The number of methoxy groups -OCH3 is 1. The maximum Gasteiger partial charge on any atom is 0.416 e. The summed E-state index contributed by atoms with van der Waals surface area (Å²) >= 11 is 0. The number of rotatable bonds is 3. The van der Waals surface area contributed by atoms with Crippen molar-refractivity contribution in [2.24, 2.45) is 0 Å². The summed E-state index contributed by atoms with van der Waals surface area (Å²) in [6.45, 7) is 3.20. The Bertz CT molecular complexity index is 464. The number of alkyl halides is 3. The Morgan fingerprint density at radius 3 is 2.22 bits per heavy atom. The molecule has 0 saturated heterocycles. The molecule has 1 rings (SSSR count). The van der Waals surface area contributed by atoms with Crippen molar-refractivity contribution in [3.63, 3.8) is 0 Å². The lowest BCUT2D eigenvalue weighted by Crippen LogP contribution is -2.13. The maximum absolute atomic E-state index is 12.9. The SMILES string of the molecule is COc1cc(C(C)C)c(C(F)(F)F)cc1C(=O)O. The van der Waals surface area contributed by atoms with E-state index in [1.165, 1.54) is 7.11 Å². The van der Waals surface area contributed by atoms with E-state index in [9.17, 15) is 18.0 Å². The van der Waals surface area contributed by atoms with E-state index in [2.05, 4.69) is 0 Å². The monoisotopic (exact) mass is 262 g/mol. The number of carboxylic acids is 1. The van der Waals surface area contributed by atoms with Crippen molar-refractivity contribution in [1.82, 2.24) is 0 Å². The number of halogens is 3. The van der Waals surface area contributed by atoms with E-state index in [1.54, 1.807) is 13.8 Å². The Morgan fingerprint density at radius 2 is 1.89 bits per heavy atom. The Hall–Kier alpha value is -1.72. The summed E-state index contributed by atoms with van der Waals surface area (Å²) in [6, 6.07) is 1.76. The van der Waals surface area contributed by atoms with Crippen LogP contribution in [0.15, 0.2) is 12.1 Å². The summed E-state index contributed by atoms with van der Waals surface area (Å²) in [5, 5.41) is 8.87. The second-order valence-corrected chi connectivity index (χ2v) is 4.10. The molecule has 0 aliphatic rings. The molecule has 0 atom stereocenters. The zero-order valence-corrected chi connectivity index (χ0v) is 10.1. The third-order valence-corrected chi connectivity index (χ3v) is 2.53. The second kappa shape index (κ2) is 4.88. The summed E-state index contributed by atoms with van der Waals surface area (Å²) in [4.78, 5) is 10.9. The fraction of sp³-hybridized carbons (Fsp3) is 0.417. The molecule has 100 valence electrons. The van der Waals surface area contributed by atoms with Crippen molar-refractivity contribution >= 4 is 5.97 Å². The average Bonchev–Trinajstić information content (AvgIpc) is 2.25. The Morgan fingerprint density at radius 1 is 1.33 bits per heavy atom. The van der Waals surface area contributed by atoms with Gasteiger partial charge in [0.25, 0.3) is 0 Å². The van der Waals surface area contributed by atoms with E-state index < -0.39 is 29.2 Å². The van der Waals surface area contributed by atoms with Gasteiger partial charge in [-0.3, -0.25) is 0 Å². The fourth-order valence-corrected chi connectivity index (χ4v) is 1.65. The number of carboxylic acid groups (broad SMARTS) is 1. The molecule has 0 spiro atoms. The molecule has 0 amide bonds. The van der Waals surface area contributed by atoms with Crippen molar-refractivity contribution in [2.75, 3.05) is 7.11 Å². The predicted octanol–water partition coefficient (Wildman–Crippen LogP) is 3.54. The van der Waals surface area contributed by atoms with E-state index in [-0.39, 0.29) is 11.3 Å². The van der Waals surface area contributed by atoms with Crippen molar-refractivity contribution in [3.05, 3.63) is 28.8 Å². The van der Waals surface area contributed by atoms with Crippen LogP contribution in [0.3, 0.4) is 0 Å². The number of hydrogen-bond acceptors (Lipinski definition) is 2. The Kier molecular flexibility index (Phi) is 3.88. The van der Waals surface area contributed by atoms with Crippen LogP contribution in [0, 0.1) is 0 Å². The number of aromatic carboxylic acids is 1. The van der Waals surface area contributed by atoms with Gasteiger partial charge in [0.15, 0.2) is 0 Å². The molecule has 0 aromatic heterocycles. The van der Waals surface area contributed by atoms with Gasteiger partial charge in [0.1, 0.15) is 11.3 Å². The first kappa shape index (κ1) is 14.3. The highest BCUT2D eigenvalue weighted by atomic mass is 19.4. The highest BCUT2D eigenvalue weighted by Crippen LogP contribution is 2.38. The van der Waals surface area contributed by atoms with Crippen LogP contribution in [0.5, 0.6) is 5.75 Å². The van der Waals surface area contributed by atoms with Crippen LogP contribution in [0.1, 0.15) is 41.3 Å². The Balaban J connectivity index is 3.58. The molecule has 3 nitrogen and oxygen atoms in total. The minimum atomic E-state index is -4.59. The molecule has 0 aliphatic carbocycles. The lowest BCUT2D eigenvalue weighted by atomic mass is 9.94. The Labute approximate surface area is 102 Å². The second-order valence-electron chi connectivity index (χ2n) is 4.10. The van der Waals surface area contributed by atoms with Gasteiger partial charge in [-0.05, 0) is 23.6 Å². The molecular formula is C12H13F3O3. The molecule has 6 heteroatoms. The van der Waals surface area contributed by atoms with Gasteiger partial charge in [-0.1, -0.05) is 13.8 Å². The molecule has 0 unspecified atom stereocenters. The van der Waals surface area contributed by atoms with Gasteiger partial charge in [0, 0.05) is 0 Å². The summed E-state index contributed by atoms with van der Waals surface area (Å²) in [7, 11) is 1.22. The van der Waals surface area contributed by atoms with Crippen molar-refractivity contribution in [3.8, 4) is 5.75 Å². The third kappa shape index (κ3) is 2.75. The molecular weight excluding hydrogens is 249 g/mol. The topological polar surface area (TPSA) is 46.5 Å². The molecule has 1 N–H and O–H groups in total. The summed E-state index contributed by atoms with van der Waals surface area (Å²) in [6.07, 6.45) is -4.59. The summed E-state index contributed by atoms with van der Waals surface area (Å²) < 4.78 is 43.4. The lowest BCUT2D eigenvalue weighted by molar-refractivity contribution is -0.138. The highest BCUT2D eigenvalue weighted by Gasteiger charge is 2.35. The van der Waals surface area contributed by atoms with Gasteiger partial charge in [-0.15, -0.1) is 0 Å². The van der Waals surface area contributed by atoms with Crippen LogP contribution in [0.4, 0.5) is 13.2 Å². The average molecular weight is 262 g/mol. The fourth-order valence-electron chi connectivity index (χ4n) is 1.65. The first-order chi connectivity index (χ1) is 8.18. The molecule has 0 bridgehead atoms. The number of carbonyl (C=O) groups is 1. The molecule has 0 fully saturated rings. The molecule has 1 aromatic rings. The van der Waals surface area contributed by atoms with E-state index in [0.29, 0.717) is 6.07 Å². The van der Waals surface area contributed by atoms with Gasteiger partial charge in [0.2, 0.25) is 0 Å². The number of benzene rings is 1. The zero-order chi connectivity index (χ0) is 14.1. The summed E-state index contributed by atoms with van der Waals surface area (Å²) in [5.74, 6) is -1.91. The normalized spacial score (nSPS) is 11.7. The van der Waals surface area contributed by atoms with Crippen molar-refractivity contribution < 1.29 is 27.8 Å². The van der Waals surface area contributed by atoms with Crippen LogP contribution < -0.4 is 4.74 Å². The van der Waals surface area contributed by atoms with Crippen molar-refractivity contribution in [2.45, 2.75) is 25.9 Å². The molecule has 0 radical (unpaired) electrons. The quantitative estimate of drug-likeness (QED) is 0.906. The molecule has 0 saturated carbocycles. The van der Waals surface area contributed by atoms with Gasteiger partial charge in [0.05, 0.1) is 12.7 Å². The predicted molar refractivity (Wildman–Crippen MR) is 59.0 cm³/mol. The number of ether oxygens (including phenoxy) is 1. The largest absolute Gasteiger partial charge is 0.496 e. The first-order valence-corrected chi connectivity index (χ1v) is 5.21. The van der Waals surface area contributed by atoms with Crippen LogP contribution in [0.2, 0.25) is 0 Å². The van der Waals surface area contributed by atoms with Gasteiger partial charge in [-0.25, -0.2) is 4.79 Å². The summed E-state index contributed by atoms with van der Waals surface area (Å²) in [5.41, 5.74) is -1.41. The minimum absolute atomic E-state index is 0.0179. The van der Waals surface area contributed by atoms with Crippen LogP contribution in [-0.2, 0) is 6.18 Å². The van der Waals surface area contributed by atoms with E-state index in [1.807, 2.05) is 0 Å². The number of hydrogen-bond donors (Lipinski definition) is 1. The lowest BCUT2D eigenvalue weighted by Gasteiger charge is -2.18. The third-order valence-electron chi connectivity index (χ3n) is 2.53. The molecule has 1 aromatic carbocycles. The minimum Gasteiger partial charge on any atom is -0.496 e. The highest BCUT2D eigenvalue weighted by molar-refractivity contribution is 5.91. The van der Waals surface area contributed by atoms with Crippen LogP contribution >= 0.6 is 0 Å². The smallest absolute Gasteiger partial charge is 0.416 e. The first-order valence-electron chi connectivity index (χ1n) is 5.21. The van der Waals surface area contributed by atoms with Gasteiger partial charge >= 0.3 is 12.1 Å². The standard InChI is InChI=1S/C12H13F3O3/c1-6(2)7-5-10(18-3)8(11(16)17)4-9(7)12(13,14)15/h4-6H,1-3H3,(H,16,17). The molecule has 18 heavy (non-hydrogen) atoms. The van der Waals surface area contributed by atoms with Gasteiger partial charge < -0.3 is 9.84 Å². The zero-order valence-electron chi connectivity index (χ0n) is 10.1. The van der Waals surface area contributed by atoms with E-state index in [4.69, 9.17) is 9.84 Å². The molecule has 0 heterocycles. The van der Waals surface area contributed by atoms with E-state index >= 15 is 0 Å². The molecule has 0 aliphatic heterocycles. The van der Waals surface area contributed by atoms with Gasteiger partial charge in [-0.2, -0.15) is 13.2 Å². The van der Waals surface area contributed by atoms with E-state index in [0.717, 1.165) is 6.07 Å².